The Kier molecular flexibility index (Phi) is 5.36. The highest BCUT2D eigenvalue weighted by Crippen LogP contribution is 2.31. The lowest BCUT2D eigenvalue weighted by Gasteiger charge is -2.30. The van der Waals surface area contributed by atoms with Gasteiger partial charge in [0.15, 0.2) is 0 Å². The molecule has 1 N–H and O–H groups in total. The molecule has 130 valence electrons. The van der Waals surface area contributed by atoms with Crippen LogP contribution in [0.2, 0.25) is 5.02 Å². The first-order chi connectivity index (χ1) is 12.1. The topological polar surface area (TPSA) is 58.6 Å². The first-order valence-corrected chi connectivity index (χ1v) is 8.41. The number of ether oxygens (including phenoxy) is 1. The summed E-state index contributed by atoms with van der Waals surface area (Å²) >= 11 is 5.92. The van der Waals surface area contributed by atoms with Crippen molar-refractivity contribution in [3.63, 3.8) is 0 Å². The normalized spacial score (nSPS) is 13.5. The number of nitrogens with zero attached hydrogens (tertiary/aromatic N) is 1. The van der Waals surface area contributed by atoms with Crippen molar-refractivity contribution < 1.29 is 14.3 Å². The second-order valence-electron chi connectivity index (χ2n) is 5.93. The summed E-state index contributed by atoms with van der Waals surface area (Å²) in [6, 6.07) is 13.1. The predicted octanol–water partition coefficient (Wildman–Crippen LogP) is 3.40. The molecule has 1 aliphatic heterocycles. The van der Waals surface area contributed by atoms with Gasteiger partial charge in [0.1, 0.15) is 6.61 Å². The molecular weight excluding hydrogens is 340 g/mol. The molecule has 0 saturated carbocycles. The molecule has 3 rings (SSSR count). The number of methoxy groups -OCH3 is 1. The number of benzene rings is 2. The summed E-state index contributed by atoms with van der Waals surface area (Å²) in [5.41, 5.74) is 3.66. The van der Waals surface area contributed by atoms with E-state index in [0.29, 0.717) is 30.1 Å². The van der Waals surface area contributed by atoms with Gasteiger partial charge in [-0.3, -0.25) is 9.59 Å². The molecule has 2 aromatic carbocycles. The summed E-state index contributed by atoms with van der Waals surface area (Å²) in [4.78, 5) is 25.8. The molecule has 1 aliphatic rings. The summed E-state index contributed by atoms with van der Waals surface area (Å²) in [6.07, 6.45) is 1.12. The lowest BCUT2D eigenvalue weighted by atomic mass is 9.99. The lowest BCUT2D eigenvalue weighted by molar-refractivity contribution is -0.120. The highest BCUT2D eigenvalue weighted by Gasteiger charge is 2.24. The molecule has 0 saturated heterocycles. The van der Waals surface area contributed by atoms with E-state index in [1.807, 2.05) is 36.4 Å². The monoisotopic (exact) mass is 358 g/mol. The van der Waals surface area contributed by atoms with Crippen molar-refractivity contribution in [1.82, 2.24) is 0 Å². The van der Waals surface area contributed by atoms with Crippen LogP contribution in [0.4, 0.5) is 11.4 Å². The number of carbonyl (C=O) groups excluding carboxylic acids is 2. The highest BCUT2D eigenvalue weighted by molar-refractivity contribution is 6.30. The van der Waals surface area contributed by atoms with Crippen molar-refractivity contribution in [3.8, 4) is 0 Å². The number of hydrogen-bond donors (Lipinski definition) is 1. The van der Waals surface area contributed by atoms with Gasteiger partial charge in [-0.1, -0.05) is 23.7 Å². The third-order valence-electron chi connectivity index (χ3n) is 4.09. The van der Waals surface area contributed by atoms with E-state index in [1.165, 1.54) is 7.11 Å². The maximum Gasteiger partial charge on any atom is 0.250 e. The molecule has 1 heterocycles. The van der Waals surface area contributed by atoms with E-state index in [9.17, 15) is 9.59 Å². The lowest BCUT2D eigenvalue weighted by Crippen LogP contribution is -2.34. The van der Waals surface area contributed by atoms with Gasteiger partial charge in [-0.2, -0.15) is 0 Å². The van der Waals surface area contributed by atoms with Crippen LogP contribution in [0.1, 0.15) is 17.5 Å². The number of carbonyl (C=O) groups is 2. The summed E-state index contributed by atoms with van der Waals surface area (Å²) in [5, 5.41) is 3.46. The van der Waals surface area contributed by atoms with E-state index < -0.39 is 0 Å². The summed E-state index contributed by atoms with van der Waals surface area (Å²) in [5.74, 6) is -0.106. The van der Waals surface area contributed by atoms with Crippen molar-refractivity contribution in [2.75, 3.05) is 23.9 Å². The van der Waals surface area contributed by atoms with Crippen molar-refractivity contribution in [3.05, 3.63) is 58.6 Å². The molecule has 0 fully saturated rings. The maximum absolute atomic E-state index is 12.4. The minimum atomic E-state index is -0.202. The quantitative estimate of drug-likeness (QED) is 0.891. The smallest absolute Gasteiger partial charge is 0.250 e. The zero-order chi connectivity index (χ0) is 17.8. The van der Waals surface area contributed by atoms with Crippen LogP contribution in [-0.2, 0) is 27.3 Å². The van der Waals surface area contributed by atoms with Gasteiger partial charge in [0.05, 0.1) is 6.54 Å². The second-order valence-corrected chi connectivity index (χ2v) is 6.37. The van der Waals surface area contributed by atoms with Gasteiger partial charge >= 0.3 is 0 Å². The Balaban J connectivity index is 1.82. The fraction of sp³-hybridized carbons (Fsp3) is 0.263. The fourth-order valence-corrected chi connectivity index (χ4v) is 3.04. The summed E-state index contributed by atoms with van der Waals surface area (Å²) < 4.78 is 4.82. The third kappa shape index (κ3) is 4.18. The molecule has 0 radical (unpaired) electrons. The third-order valence-corrected chi connectivity index (χ3v) is 4.34. The zero-order valence-corrected chi connectivity index (χ0v) is 14.7. The van der Waals surface area contributed by atoms with Gasteiger partial charge in [0, 0.05) is 29.9 Å². The molecule has 0 atom stereocenters. The predicted molar refractivity (Wildman–Crippen MR) is 97.9 cm³/mol. The maximum atomic E-state index is 12.4. The van der Waals surface area contributed by atoms with Crippen molar-refractivity contribution in [2.45, 2.75) is 19.4 Å². The van der Waals surface area contributed by atoms with Crippen LogP contribution in [-0.4, -0.2) is 25.5 Å². The number of fused-ring (bicyclic) bond motifs is 1. The van der Waals surface area contributed by atoms with Crippen LogP contribution in [0.25, 0.3) is 0 Å². The van der Waals surface area contributed by atoms with E-state index in [0.717, 1.165) is 16.8 Å². The van der Waals surface area contributed by atoms with Gasteiger partial charge in [-0.05, 0) is 47.9 Å². The number of anilines is 2. The molecular formula is C19H19ClN2O3. The highest BCUT2D eigenvalue weighted by atomic mass is 35.5. The van der Waals surface area contributed by atoms with Gasteiger partial charge in [-0.25, -0.2) is 0 Å². The molecule has 25 heavy (non-hydrogen) atoms. The Morgan fingerprint density at radius 3 is 2.68 bits per heavy atom. The number of aryl methyl sites for hydroxylation is 1. The minimum Gasteiger partial charge on any atom is -0.375 e. The second kappa shape index (κ2) is 7.68. The van der Waals surface area contributed by atoms with Gasteiger partial charge in [-0.15, -0.1) is 0 Å². The Hall–Kier alpha value is -2.37. The van der Waals surface area contributed by atoms with E-state index in [2.05, 4.69) is 5.32 Å². The number of rotatable bonds is 5. The molecule has 2 amide bonds. The van der Waals surface area contributed by atoms with Gasteiger partial charge in [0.25, 0.3) is 0 Å². The number of amides is 2. The molecule has 6 heteroatoms. The summed E-state index contributed by atoms with van der Waals surface area (Å²) in [7, 11) is 1.48. The van der Waals surface area contributed by atoms with Crippen LogP contribution in [0, 0.1) is 0 Å². The molecule has 0 aliphatic carbocycles. The molecule has 0 aromatic heterocycles. The van der Waals surface area contributed by atoms with Crippen molar-refractivity contribution >= 4 is 34.8 Å². The van der Waals surface area contributed by atoms with Gasteiger partial charge < -0.3 is 15.0 Å². The number of nitrogens with one attached hydrogen (secondary N) is 1. The Morgan fingerprint density at radius 1 is 1.20 bits per heavy atom. The van der Waals surface area contributed by atoms with Crippen molar-refractivity contribution in [1.29, 1.82) is 0 Å². The van der Waals surface area contributed by atoms with Crippen LogP contribution < -0.4 is 10.2 Å². The van der Waals surface area contributed by atoms with E-state index in [1.54, 1.807) is 11.0 Å². The van der Waals surface area contributed by atoms with Crippen LogP contribution in [0.3, 0.4) is 0 Å². The first-order valence-electron chi connectivity index (χ1n) is 8.03. The Morgan fingerprint density at radius 2 is 1.96 bits per heavy atom. The number of hydrogen-bond acceptors (Lipinski definition) is 3. The number of halogens is 1. The average molecular weight is 359 g/mol. The van der Waals surface area contributed by atoms with E-state index in [-0.39, 0.29) is 18.4 Å². The van der Waals surface area contributed by atoms with Crippen LogP contribution in [0.15, 0.2) is 42.5 Å². The Bertz CT molecular complexity index is 790. The summed E-state index contributed by atoms with van der Waals surface area (Å²) in [6.45, 7) is 0.511. The largest absolute Gasteiger partial charge is 0.375 e. The van der Waals surface area contributed by atoms with Crippen LogP contribution >= 0.6 is 11.6 Å². The minimum absolute atomic E-state index is 0.0122. The fourth-order valence-electron chi connectivity index (χ4n) is 2.91. The van der Waals surface area contributed by atoms with Crippen LogP contribution in [0.5, 0.6) is 0 Å². The zero-order valence-electron chi connectivity index (χ0n) is 13.9. The first kappa shape index (κ1) is 17.5. The van der Waals surface area contributed by atoms with E-state index >= 15 is 0 Å². The molecule has 5 nitrogen and oxygen atoms in total. The Labute approximate surface area is 151 Å². The average Bonchev–Trinajstić information content (AvgIpc) is 2.59. The van der Waals surface area contributed by atoms with Crippen molar-refractivity contribution in [2.24, 2.45) is 0 Å². The van der Waals surface area contributed by atoms with Gasteiger partial charge in [0.2, 0.25) is 11.8 Å². The molecule has 0 unspecified atom stereocenters. The molecule has 0 bridgehead atoms. The molecule has 0 spiro atoms. The molecule has 2 aromatic rings. The SMILES string of the molecule is COCC(=O)Nc1ccc2c(c1)CCC(=O)N2Cc1ccc(Cl)cc1. The standard InChI is InChI=1S/C19H19ClN2O3/c1-25-12-18(23)21-16-7-8-17-14(10-16)4-9-19(24)22(17)11-13-2-5-15(20)6-3-13/h2-3,5-8,10H,4,9,11-12H2,1H3,(H,21,23). The van der Waals surface area contributed by atoms with E-state index in [4.69, 9.17) is 16.3 Å².